The van der Waals surface area contributed by atoms with E-state index in [-0.39, 0.29) is 11.2 Å². The Morgan fingerprint density at radius 2 is 1.93 bits per heavy atom. The molecule has 1 rings (SSSR count). The lowest BCUT2D eigenvalue weighted by Crippen LogP contribution is -2.09. The second-order valence-corrected chi connectivity index (χ2v) is 4.97. The van der Waals surface area contributed by atoms with Crippen molar-refractivity contribution in [2.45, 2.75) is 34.1 Å². The minimum atomic E-state index is 0.217. The molecule has 0 saturated heterocycles. The number of aromatic hydroxyl groups is 1. The minimum absolute atomic E-state index is 0.217. The van der Waals surface area contributed by atoms with Gasteiger partial charge in [0.1, 0.15) is 0 Å². The van der Waals surface area contributed by atoms with E-state index in [1.807, 2.05) is 19.1 Å². The lowest BCUT2D eigenvalue weighted by atomic mass is 9.88. The summed E-state index contributed by atoms with van der Waals surface area (Å²) in [6.07, 6.45) is 0.980. The number of phenolic OH excluding ortho intramolecular Hbond substituents is 1. The van der Waals surface area contributed by atoms with E-state index in [9.17, 15) is 5.11 Å². The van der Waals surface area contributed by atoms with Crippen molar-refractivity contribution < 1.29 is 9.84 Å². The number of benzene rings is 1. The van der Waals surface area contributed by atoms with Crippen LogP contribution >= 0.6 is 0 Å². The van der Waals surface area contributed by atoms with Gasteiger partial charge in [-0.3, -0.25) is 0 Å². The summed E-state index contributed by atoms with van der Waals surface area (Å²) >= 11 is 0. The topological polar surface area (TPSA) is 29.5 Å². The van der Waals surface area contributed by atoms with Gasteiger partial charge in [0.15, 0.2) is 11.5 Å². The molecule has 2 heteroatoms. The van der Waals surface area contributed by atoms with Crippen LogP contribution in [0.2, 0.25) is 0 Å². The lowest BCUT2D eigenvalue weighted by molar-refractivity contribution is 0.317. The van der Waals surface area contributed by atoms with Gasteiger partial charge >= 0.3 is 0 Å². The fourth-order valence-electron chi connectivity index (χ4n) is 1.55. The number of ether oxygens (including phenoxy) is 1. The highest BCUT2D eigenvalue weighted by atomic mass is 16.5. The molecule has 0 amide bonds. The molecule has 0 heterocycles. The average molecular weight is 208 g/mol. The van der Waals surface area contributed by atoms with Crippen molar-refractivity contribution in [3.05, 3.63) is 23.8 Å². The maximum Gasteiger partial charge on any atom is 0.161 e. The minimum Gasteiger partial charge on any atom is -0.504 e. The number of hydrogen-bond donors (Lipinski definition) is 1. The molecule has 1 aromatic carbocycles. The van der Waals surface area contributed by atoms with Gasteiger partial charge < -0.3 is 9.84 Å². The molecule has 84 valence electrons. The molecule has 0 aliphatic carbocycles. The summed E-state index contributed by atoms with van der Waals surface area (Å²) in [6.45, 7) is 9.07. The largest absolute Gasteiger partial charge is 0.504 e. The van der Waals surface area contributed by atoms with E-state index in [0.29, 0.717) is 12.4 Å². The van der Waals surface area contributed by atoms with Crippen LogP contribution in [0, 0.1) is 5.41 Å². The van der Waals surface area contributed by atoms with E-state index in [2.05, 4.69) is 20.8 Å². The fourth-order valence-corrected chi connectivity index (χ4v) is 1.55. The van der Waals surface area contributed by atoms with Gasteiger partial charge in [-0.1, -0.05) is 26.8 Å². The Labute approximate surface area is 91.9 Å². The molecule has 1 N–H and O–H groups in total. The molecular formula is C13H20O2. The first-order chi connectivity index (χ1) is 6.92. The first-order valence-corrected chi connectivity index (χ1v) is 5.37. The third-order valence-corrected chi connectivity index (χ3v) is 2.06. The molecular weight excluding hydrogens is 188 g/mol. The van der Waals surface area contributed by atoms with Crippen molar-refractivity contribution in [3.63, 3.8) is 0 Å². The smallest absolute Gasteiger partial charge is 0.161 e. The molecule has 0 saturated carbocycles. The number of hydrogen-bond acceptors (Lipinski definition) is 2. The van der Waals surface area contributed by atoms with E-state index < -0.39 is 0 Å². The van der Waals surface area contributed by atoms with Crippen molar-refractivity contribution in [3.8, 4) is 11.5 Å². The van der Waals surface area contributed by atoms with E-state index in [1.165, 1.54) is 5.56 Å². The van der Waals surface area contributed by atoms with Gasteiger partial charge in [-0.2, -0.15) is 0 Å². The lowest BCUT2D eigenvalue weighted by Gasteiger charge is -2.18. The second kappa shape index (κ2) is 4.56. The van der Waals surface area contributed by atoms with Gasteiger partial charge in [-0.15, -0.1) is 0 Å². The molecule has 0 radical (unpaired) electrons. The zero-order valence-corrected chi connectivity index (χ0v) is 10.0. The van der Waals surface area contributed by atoms with Gasteiger partial charge in [0.05, 0.1) is 6.61 Å². The van der Waals surface area contributed by atoms with Gasteiger partial charge in [0.25, 0.3) is 0 Å². The molecule has 2 nitrogen and oxygen atoms in total. The Hall–Kier alpha value is -1.18. The summed E-state index contributed by atoms with van der Waals surface area (Å²) in [5.74, 6) is 0.800. The maximum atomic E-state index is 9.54. The van der Waals surface area contributed by atoms with Crippen LogP contribution < -0.4 is 4.74 Å². The van der Waals surface area contributed by atoms with Crippen molar-refractivity contribution in [2.75, 3.05) is 6.61 Å². The van der Waals surface area contributed by atoms with Crippen LogP contribution in [0.3, 0.4) is 0 Å². The molecule has 0 bridgehead atoms. The predicted molar refractivity (Wildman–Crippen MR) is 62.4 cm³/mol. The molecule has 0 fully saturated rings. The molecule has 0 unspecified atom stereocenters. The molecule has 0 aromatic heterocycles. The van der Waals surface area contributed by atoms with Crippen LogP contribution in [-0.2, 0) is 6.42 Å². The van der Waals surface area contributed by atoms with Gasteiger partial charge in [-0.05, 0) is 36.5 Å². The summed E-state index contributed by atoms with van der Waals surface area (Å²) < 4.78 is 5.34. The van der Waals surface area contributed by atoms with Crippen molar-refractivity contribution in [1.82, 2.24) is 0 Å². The molecule has 15 heavy (non-hydrogen) atoms. The molecule has 1 aromatic rings. The highest BCUT2D eigenvalue weighted by Gasteiger charge is 2.12. The summed E-state index contributed by atoms with van der Waals surface area (Å²) in [7, 11) is 0. The van der Waals surface area contributed by atoms with Crippen LogP contribution in [0.5, 0.6) is 11.5 Å². The van der Waals surface area contributed by atoms with Crippen LogP contribution in [0.4, 0.5) is 0 Å². The number of phenols is 1. The van der Waals surface area contributed by atoms with E-state index in [1.54, 1.807) is 6.07 Å². The van der Waals surface area contributed by atoms with E-state index >= 15 is 0 Å². The second-order valence-electron chi connectivity index (χ2n) is 4.97. The Balaban J connectivity index is 2.87. The summed E-state index contributed by atoms with van der Waals surface area (Å²) in [6, 6.07) is 5.57. The zero-order chi connectivity index (χ0) is 11.5. The Bertz CT molecular complexity index is 324. The summed E-state index contributed by atoms with van der Waals surface area (Å²) in [4.78, 5) is 0. The third-order valence-electron chi connectivity index (χ3n) is 2.06. The van der Waals surface area contributed by atoms with Crippen LogP contribution in [0.1, 0.15) is 33.3 Å². The van der Waals surface area contributed by atoms with Crippen LogP contribution in [-0.4, -0.2) is 11.7 Å². The molecule has 0 spiro atoms. The van der Waals surface area contributed by atoms with Gasteiger partial charge in [-0.25, -0.2) is 0 Å². The van der Waals surface area contributed by atoms with Gasteiger partial charge in [0.2, 0.25) is 0 Å². The van der Waals surface area contributed by atoms with Crippen LogP contribution in [0.25, 0.3) is 0 Å². The van der Waals surface area contributed by atoms with Crippen molar-refractivity contribution in [1.29, 1.82) is 0 Å². The fraction of sp³-hybridized carbons (Fsp3) is 0.538. The molecule has 0 atom stereocenters. The molecule has 0 aliphatic heterocycles. The van der Waals surface area contributed by atoms with E-state index in [0.717, 1.165) is 6.42 Å². The maximum absolute atomic E-state index is 9.54. The Kier molecular flexibility index (Phi) is 3.61. The van der Waals surface area contributed by atoms with Crippen molar-refractivity contribution >= 4 is 0 Å². The normalized spacial score (nSPS) is 11.5. The highest BCUT2D eigenvalue weighted by molar-refractivity contribution is 5.42. The first-order valence-electron chi connectivity index (χ1n) is 5.37. The monoisotopic (exact) mass is 208 g/mol. The third kappa shape index (κ3) is 3.82. The first kappa shape index (κ1) is 11.9. The summed E-state index contributed by atoms with van der Waals surface area (Å²) in [5.41, 5.74) is 1.45. The highest BCUT2D eigenvalue weighted by Crippen LogP contribution is 2.29. The van der Waals surface area contributed by atoms with Crippen LogP contribution in [0.15, 0.2) is 18.2 Å². The SMILES string of the molecule is CCOc1cc(CC(C)(C)C)ccc1O. The Morgan fingerprint density at radius 1 is 1.27 bits per heavy atom. The van der Waals surface area contributed by atoms with E-state index in [4.69, 9.17) is 4.74 Å². The van der Waals surface area contributed by atoms with Crippen molar-refractivity contribution in [2.24, 2.45) is 5.41 Å². The summed E-state index contributed by atoms with van der Waals surface area (Å²) in [5, 5.41) is 9.54. The molecule has 0 aliphatic rings. The quantitative estimate of drug-likeness (QED) is 0.825. The Morgan fingerprint density at radius 3 is 2.47 bits per heavy atom. The standard InChI is InChI=1S/C13H20O2/c1-5-15-12-8-10(6-7-11(12)14)9-13(2,3)4/h6-8,14H,5,9H2,1-4H3. The zero-order valence-electron chi connectivity index (χ0n) is 10.0. The predicted octanol–water partition coefficient (Wildman–Crippen LogP) is 3.38. The number of rotatable bonds is 3. The van der Waals surface area contributed by atoms with Gasteiger partial charge in [0, 0.05) is 0 Å². The average Bonchev–Trinajstić information content (AvgIpc) is 2.09.